The van der Waals surface area contributed by atoms with Gasteiger partial charge < -0.3 is 9.80 Å². The number of carbonyl (C=O) groups is 2. The van der Waals surface area contributed by atoms with Gasteiger partial charge in [-0.05, 0) is 20.3 Å². The van der Waals surface area contributed by atoms with Gasteiger partial charge in [0.15, 0.2) is 0 Å². The van der Waals surface area contributed by atoms with Crippen molar-refractivity contribution in [2.24, 2.45) is 0 Å². The van der Waals surface area contributed by atoms with Crippen LogP contribution in [0.1, 0.15) is 53.4 Å². The van der Waals surface area contributed by atoms with Crippen molar-refractivity contribution in [1.29, 1.82) is 0 Å². The molecule has 0 radical (unpaired) electrons. The first kappa shape index (κ1) is 16.9. The highest BCUT2D eigenvalue weighted by atomic mass is 16.2. The minimum atomic E-state index is 0.0680. The number of unbranched alkanes of at least 4 members (excludes halogenated alkanes) is 2. The standard InChI is InChI=1S/C14H28N2O2/c1-5-8-9-11-16(13(4)17)12-10-14(18)15(6-2)7-3/h5-12H2,1-4H3. The molecule has 0 unspecified atom stereocenters. The Bertz CT molecular complexity index is 250. The highest BCUT2D eigenvalue weighted by Gasteiger charge is 2.13. The van der Waals surface area contributed by atoms with Gasteiger partial charge in [0.05, 0.1) is 0 Å². The van der Waals surface area contributed by atoms with E-state index in [0.717, 1.165) is 38.9 Å². The molecule has 0 spiro atoms. The van der Waals surface area contributed by atoms with E-state index in [1.54, 1.807) is 11.8 Å². The average molecular weight is 256 g/mol. The van der Waals surface area contributed by atoms with Crippen molar-refractivity contribution in [2.45, 2.75) is 53.4 Å². The van der Waals surface area contributed by atoms with Crippen molar-refractivity contribution >= 4 is 11.8 Å². The SMILES string of the molecule is CCCCCN(CCC(=O)N(CC)CC)C(C)=O. The highest BCUT2D eigenvalue weighted by Crippen LogP contribution is 2.02. The van der Waals surface area contributed by atoms with Crippen molar-refractivity contribution in [1.82, 2.24) is 9.80 Å². The van der Waals surface area contributed by atoms with Crippen LogP contribution < -0.4 is 0 Å². The zero-order valence-corrected chi connectivity index (χ0v) is 12.4. The Labute approximate surface area is 111 Å². The third-order valence-corrected chi connectivity index (χ3v) is 3.19. The van der Waals surface area contributed by atoms with E-state index in [9.17, 15) is 9.59 Å². The van der Waals surface area contributed by atoms with Crippen LogP contribution in [0, 0.1) is 0 Å². The average Bonchev–Trinajstić information content (AvgIpc) is 2.34. The smallest absolute Gasteiger partial charge is 0.224 e. The van der Waals surface area contributed by atoms with Crippen molar-refractivity contribution in [2.75, 3.05) is 26.2 Å². The van der Waals surface area contributed by atoms with Crippen LogP contribution in [-0.4, -0.2) is 47.8 Å². The Kier molecular flexibility index (Phi) is 9.33. The lowest BCUT2D eigenvalue weighted by Crippen LogP contribution is -2.36. The van der Waals surface area contributed by atoms with Crippen LogP contribution in [0.4, 0.5) is 0 Å². The van der Waals surface area contributed by atoms with E-state index >= 15 is 0 Å². The number of amides is 2. The fourth-order valence-corrected chi connectivity index (χ4v) is 1.94. The lowest BCUT2D eigenvalue weighted by atomic mass is 10.2. The van der Waals surface area contributed by atoms with Crippen LogP contribution in [0.15, 0.2) is 0 Å². The van der Waals surface area contributed by atoms with Gasteiger partial charge in [0.25, 0.3) is 0 Å². The zero-order chi connectivity index (χ0) is 14.0. The molecule has 0 aromatic carbocycles. The third-order valence-electron chi connectivity index (χ3n) is 3.19. The normalized spacial score (nSPS) is 10.2. The molecule has 0 aliphatic heterocycles. The fourth-order valence-electron chi connectivity index (χ4n) is 1.94. The molecule has 0 aromatic rings. The Hall–Kier alpha value is -1.06. The van der Waals surface area contributed by atoms with Gasteiger partial charge in [0, 0.05) is 39.5 Å². The first-order valence-corrected chi connectivity index (χ1v) is 7.10. The summed E-state index contributed by atoms with van der Waals surface area (Å²) in [5.74, 6) is 0.209. The number of carbonyl (C=O) groups excluding carboxylic acids is 2. The highest BCUT2D eigenvalue weighted by molar-refractivity contribution is 5.78. The van der Waals surface area contributed by atoms with E-state index in [1.165, 1.54) is 0 Å². The molecule has 0 saturated heterocycles. The van der Waals surface area contributed by atoms with E-state index in [-0.39, 0.29) is 11.8 Å². The van der Waals surface area contributed by atoms with Crippen molar-refractivity contribution < 1.29 is 9.59 Å². The van der Waals surface area contributed by atoms with Crippen LogP contribution in [-0.2, 0) is 9.59 Å². The molecule has 106 valence electrons. The lowest BCUT2D eigenvalue weighted by molar-refractivity contribution is -0.133. The maximum Gasteiger partial charge on any atom is 0.224 e. The minimum Gasteiger partial charge on any atom is -0.343 e. The van der Waals surface area contributed by atoms with Crippen molar-refractivity contribution in [3.8, 4) is 0 Å². The van der Waals surface area contributed by atoms with Crippen LogP contribution in [0.3, 0.4) is 0 Å². The number of hydrogen-bond acceptors (Lipinski definition) is 2. The van der Waals surface area contributed by atoms with Crippen molar-refractivity contribution in [3.05, 3.63) is 0 Å². The first-order valence-electron chi connectivity index (χ1n) is 7.10. The second-order valence-electron chi connectivity index (χ2n) is 4.53. The topological polar surface area (TPSA) is 40.6 Å². The summed E-state index contributed by atoms with van der Waals surface area (Å²) in [6.45, 7) is 10.5. The molecule has 18 heavy (non-hydrogen) atoms. The molecule has 0 aliphatic carbocycles. The maximum absolute atomic E-state index is 11.9. The van der Waals surface area contributed by atoms with Crippen LogP contribution in [0.5, 0.6) is 0 Å². The Balaban J connectivity index is 4.10. The molecule has 4 heteroatoms. The predicted molar refractivity (Wildman–Crippen MR) is 74.3 cm³/mol. The molecular formula is C14H28N2O2. The molecular weight excluding hydrogens is 228 g/mol. The summed E-state index contributed by atoms with van der Waals surface area (Å²) in [4.78, 5) is 26.9. The van der Waals surface area contributed by atoms with E-state index in [2.05, 4.69) is 6.92 Å². The molecule has 2 amide bonds. The second kappa shape index (κ2) is 9.92. The monoisotopic (exact) mass is 256 g/mol. The molecule has 0 rings (SSSR count). The van der Waals surface area contributed by atoms with Crippen LogP contribution in [0.2, 0.25) is 0 Å². The summed E-state index contributed by atoms with van der Waals surface area (Å²) in [6, 6.07) is 0. The first-order chi connectivity index (χ1) is 8.56. The van der Waals surface area contributed by atoms with Crippen LogP contribution >= 0.6 is 0 Å². The summed E-state index contributed by atoms with van der Waals surface area (Å²) < 4.78 is 0. The largest absolute Gasteiger partial charge is 0.343 e. The molecule has 0 fully saturated rings. The summed E-state index contributed by atoms with van der Waals surface area (Å²) in [5.41, 5.74) is 0. The summed E-state index contributed by atoms with van der Waals surface area (Å²) >= 11 is 0. The summed E-state index contributed by atoms with van der Waals surface area (Å²) in [6.07, 6.45) is 3.74. The van der Waals surface area contributed by atoms with E-state index in [4.69, 9.17) is 0 Å². The minimum absolute atomic E-state index is 0.0680. The number of rotatable bonds is 9. The van der Waals surface area contributed by atoms with Crippen LogP contribution in [0.25, 0.3) is 0 Å². The van der Waals surface area contributed by atoms with Gasteiger partial charge in [-0.1, -0.05) is 19.8 Å². The summed E-state index contributed by atoms with van der Waals surface area (Å²) in [5, 5.41) is 0. The number of nitrogens with zero attached hydrogens (tertiary/aromatic N) is 2. The van der Waals surface area contributed by atoms with E-state index in [1.807, 2.05) is 18.7 Å². The fraction of sp³-hybridized carbons (Fsp3) is 0.857. The molecule has 0 heterocycles. The molecule has 0 atom stereocenters. The Morgan fingerprint density at radius 1 is 0.889 bits per heavy atom. The van der Waals surface area contributed by atoms with E-state index < -0.39 is 0 Å². The van der Waals surface area contributed by atoms with Gasteiger partial charge in [-0.2, -0.15) is 0 Å². The third kappa shape index (κ3) is 6.62. The zero-order valence-electron chi connectivity index (χ0n) is 12.4. The molecule has 0 N–H and O–H groups in total. The van der Waals surface area contributed by atoms with E-state index in [0.29, 0.717) is 13.0 Å². The lowest BCUT2D eigenvalue weighted by Gasteiger charge is -2.23. The Morgan fingerprint density at radius 2 is 1.50 bits per heavy atom. The number of hydrogen-bond donors (Lipinski definition) is 0. The van der Waals surface area contributed by atoms with Gasteiger partial charge in [0.1, 0.15) is 0 Å². The van der Waals surface area contributed by atoms with Gasteiger partial charge in [-0.25, -0.2) is 0 Å². The second-order valence-corrected chi connectivity index (χ2v) is 4.53. The van der Waals surface area contributed by atoms with Gasteiger partial charge >= 0.3 is 0 Å². The van der Waals surface area contributed by atoms with Gasteiger partial charge in [0.2, 0.25) is 11.8 Å². The van der Waals surface area contributed by atoms with Gasteiger partial charge in [-0.3, -0.25) is 9.59 Å². The molecule has 0 aliphatic rings. The molecule has 0 bridgehead atoms. The Morgan fingerprint density at radius 3 is 1.94 bits per heavy atom. The van der Waals surface area contributed by atoms with Crippen molar-refractivity contribution in [3.63, 3.8) is 0 Å². The summed E-state index contributed by atoms with van der Waals surface area (Å²) in [7, 11) is 0. The molecule has 4 nitrogen and oxygen atoms in total. The predicted octanol–water partition coefficient (Wildman–Crippen LogP) is 2.28. The quantitative estimate of drug-likeness (QED) is 0.594. The maximum atomic E-state index is 11.9. The van der Waals surface area contributed by atoms with Gasteiger partial charge in [-0.15, -0.1) is 0 Å². The molecule has 0 aromatic heterocycles. The molecule has 0 saturated carbocycles.